The Hall–Kier alpha value is -3.27. The summed E-state index contributed by atoms with van der Waals surface area (Å²) in [5, 5.41) is 11.2. The first kappa shape index (κ1) is 21.6. The highest BCUT2D eigenvalue weighted by atomic mass is 35.5. The average molecular weight is 476 g/mol. The van der Waals surface area contributed by atoms with Gasteiger partial charge in [0, 0.05) is 35.5 Å². The van der Waals surface area contributed by atoms with Crippen LogP contribution in [-0.2, 0) is 11.2 Å². The van der Waals surface area contributed by atoms with Crippen molar-refractivity contribution < 1.29 is 23.0 Å². The van der Waals surface area contributed by atoms with Crippen LogP contribution in [0.3, 0.4) is 0 Å². The molecule has 33 heavy (non-hydrogen) atoms. The average Bonchev–Trinajstić information content (AvgIpc) is 3.33. The summed E-state index contributed by atoms with van der Waals surface area (Å²) in [5.74, 6) is -0.864. The van der Waals surface area contributed by atoms with Crippen LogP contribution in [0.2, 0.25) is 0 Å². The summed E-state index contributed by atoms with van der Waals surface area (Å²) in [4.78, 5) is 17.7. The number of halogens is 3. The second kappa shape index (κ2) is 8.26. The minimum atomic E-state index is -3.80. The number of nitrogens with zero attached hydrogens (tertiary/aromatic N) is 4. The molecule has 1 aromatic heterocycles. The molecule has 11 heteroatoms. The molecule has 3 atom stereocenters. The molecule has 1 aromatic carbocycles. The van der Waals surface area contributed by atoms with E-state index in [1.165, 1.54) is 24.3 Å². The Morgan fingerprint density at radius 2 is 2.12 bits per heavy atom. The Labute approximate surface area is 192 Å². The van der Waals surface area contributed by atoms with Gasteiger partial charge in [-0.2, -0.15) is 15.2 Å². The third kappa shape index (κ3) is 4.35. The van der Waals surface area contributed by atoms with E-state index in [9.17, 15) is 13.6 Å². The number of hydrogen-bond donors (Lipinski definition) is 1. The highest BCUT2D eigenvalue weighted by molar-refractivity contribution is 6.20. The van der Waals surface area contributed by atoms with Gasteiger partial charge in [-0.25, -0.2) is 0 Å². The van der Waals surface area contributed by atoms with Gasteiger partial charge in [0.15, 0.2) is 0 Å². The van der Waals surface area contributed by atoms with Crippen molar-refractivity contribution in [2.75, 3.05) is 11.9 Å². The molecule has 1 amide bonds. The van der Waals surface area contributed by atoms with Crippen molar-refractivity contribution in [3.63, 3.8) is 0 Å². The molecule has 5 rings (SSSR count). The van der Waals surface area contributed by atoms with E-state index >= 15 is 0 Å². The molecule has 0 bridgehead atoms. The summed E-state index contributed by atoms with van der Waals surface area (Å²) in [5.41, 5.74) is -0.734. The summed E-state index contributed by atoms with van der Waals surface area (Å²) in [6.45, 7) is 2.61. The lowest BCUT2D eigenvalue weighted by Crippen LogP contribution is -2.28. The van der Waals surface area contributed by atoms with Crippen LogP contribution < -0.4 is 14.8 Å². The predicted molar refractivity (Wildman–Crippen MR) is 117 cm³/mol. The van der Waals surface area contributed by atoms with Crippen LogP contribution in [0.5, 0.6) is 11.8 Å². The highest BCUT2D eigenvalue weighted by Crippen LogP contribution is 2.41. The Kier molecular flexibility index (Phi) is 5.40. The van der Waals surface area contributed by atoms with Gasteiger partial charge in [0.1, 0.15) is 18.4 Å². The molecule has 0 radical (unpaired) electrons. The molecule has 0 fully saturated rings. The fourth-order valence-electron chi connectivity index (χ4n) is 4.25. The van der Waals surface area contributed by atoms with Gasteiger partial charge < -0.3 is 14.8 Å². The van der Waals surface area contributed by atoms with E-state index in [1.54, 1.807) is 6.20 Å². The summed E-state index contributed by atoms with van der Waals surface area (Å²) >= 11 is 4.78. The number of hydrogen-bond acceptors (Lipinski definition) is 6. The number of amides is 1. The van der Waals surface area contributed by atoms with Crippen molar-refractivity contribution >= 4 is 28.8 Å². The number of fused-ring (bicyclic) bond motifs is 3. The first-order valence-corrected chi connectivity index (χ1v) is 10.8. The zero-order valence-corrected chi connectivity index (χ0v) is 18.3. The molecule has 8 nitrogen and oxygen atoms in total. The number of carbonyl (C=O) groups is 1. The minimum absolute atomic E-state index is 0.116. The van der Waals surface area contributed by atoms with Crippen LogP contribution in [0.1, 0.15) is 30.8 Å². The number of aromatic nitrogens is 2. The van der Waals surface area contributed by atoms with Crippen LogP contribution in [0, 0.1) is 5.92 Å². The molecule has 172 valence electrons. The van der Waals surface area contributed by atoms with Gasteiger partial charge in [0.25, 0.3) is 6.01 Å². The summed E-state index contributed by atoms with van der Waals surface area (Å²) in [6.07, 6.45) is 6.60. The topological polar surface area (TPSA) is 90.1 Å². The number of anilines is 1. The van der Waals surface area contributed by atoms with Gasteiger partial charge in [-0.1, -0.05) is 12.2 Å². The minimum Gasteiger partial charge on any atom is -0.462 e. The smallest absolute Gasteiger partial charge is 0.462 e. The molecule has 0 saturated heterocycles. The second-order valence-corrected chi connectivity index (χ2v) is 8.52. The Morgan fingerprint density at radius 3 is 2.82 bits per heavy atom. The van der Waals surface area contributed by atoms with Crippen LogP contribution in [0.4, 0.5) is 14.5 Å². The standard InChI is InChI=1S/C22H20ClF2N5O3/c1-12-11-32-21-28-18-10-13(9-16(19(18)30(12)21)17-3-2-8-26-29-17)20(31)27-14-4-6-15(7-5-14)33-22(23,24)25/h2,4-9,12-13,17H,3,10-11H2,1H3,(H,27,31)/t12-,13?,17?/m1/s1. The van der Waals surface area contributed by atoms with E-state index in [1.807, 2.05) is 12.2 Å². The van der Waals surface area contributed by atoms with Gasteiger partial charge in [-0.05, 0) is 37.6 Å². The zero-order chi connectivity index (χ0) is 23.2. The predicted octanol–water partition coefficient (Wildman–Crippen LogP) is 4.94. The molecule has 2 aromatic rings. The van der Waals surface area contributed by atoms with E-state index in [2.05, 4.69) is 36.8 Å². The summed E-state index contributed by atoms with van der Waals surface area (Å²) in [6, 6.07) is 6.01. The Balaban J connectivity index is 1.40. The van der Waals surface area contributed by atoms with E-state index < -0.39 is 11.5 Å². The molecular weight excluding hydrogens is 456 g/mol. The number of rotatable bonds is 5. The quantitative estimate of drug-likeness (QED) is 0.620. The highest BCUT2D eigenvalue weighted by Gasteiger charge is 2.37. The van der Waals surface area contributed by atoms with Gasteiger partial charge in [0.2, 0.25) is 5.91 Å². The number of nitrogens with one attached hydrogen (secondary N) is 1. The summed E-state index contributed by atoms with van der Waals surface area (Å²) in [7, 11) is 0. The number of benzene rings is 1. The van der Waals surface area contributed by atoms with Crippen LogP contribution in [0.15, 0.2) is 52.8 Å². The molecule has 3 heterocycles. The van der Waals surface area contributed by atoms with E-state index in [0.29, 0.717) is 31.1 Å². The van der Waals surface area contributed by atoms with Gasteiger partial charge in [-0.3, -0.25) is 9.36 Å². The van der Waals surface area contributed by atoms with E-state index in [0.717, 1.165) is 17.0 Å². The van der Waals surface area contributed by atoms with Crippen molar-refractivity contribution in [3.8, 4) is 11.8 Å². The lowest BCUT2D eigenvalue weighted by atomic mass is 9.85. The molecule has 0 spiro atoms. The van der Waals surface area contributed by atoms with Crippen LogP contribution >= 0.6 is 11.6 Å². The lowest BCUT2D eigenvalue weighted by Gasteiger charge is -2.26. The van der Waals surface area contributed by atoms with Gasteiger partial charge >= 0.3 is 5.57 Å². The van der Waals surface area contributed by atoms with E-state index in [4.69, 9.17) is 16.3 Å². The third-order valence-electron chi connectivity index (χ3n) is 5.70. The number of carbonyl (C=O) groups excluding carboxylic acids is 1. The monoisotopic (exact) mass is 475 g/mol. The molecular formula is C22H20ClF2N5O3. The molecule has 1 aliphatic carbocycles. The normalized spacial score (nSPS) is 23.4. The maximum atomic E-state index is 13.1. The van der Waals surface area contributed by atoms with Gasteiger partial charge in [-0.15, -0.1) is 8.78 Å². The Bertz CT molecular complexity index is 1170. The number of azo groups is 1. The number of ether oxygens (including phenoxy) is 2. The third-order valence-corrected chi connectivity index (χ3v) is 5.78. The van der Waals surface area contributed by atoms with E-state index in [-0.39, 0.29) is 23.7 Å². The fourth-order valence-corrected chi connectivity index (χ4v) is 4.34. The van der Waals surface area contributed by atoms with Crippen LogP contribution in [0.25, 0.3) is 5.57 Å². The van der Waals surface area contributed by atoms with Crippen molar-refractivity contribution in [2.24, 2.45) is 16.1 Å². The molecule has 2 aliphatic heterocycles. The lowest BCUT2D eigenvalue weighted by molar-refractivity contribution is -0.118. The second-order valence-electron chi connectivity index (χ2n) is 8.08. The Morgan fingerprint density at radius 1 is 1.33 bits per heavy atom. The molecule has 0 saturated carbocycles. The molecule has 2 unspecified atom stereocenters. The zero-order valence-electron chi connectivity index (χ0n) is 17.5. The maximum Gasteiger partial charge on any atom is 0.487 e. The fraction of sp³-hybridized carbons (Fsp3) is 0.364. The summed E-state index contributed by atoms with van der Waals surface area (Å²) < 4.78 is 37.7. The molecule has 1 N–H and O–H groups in total. The SMILES string of the molecule is C[C@@H]1COc2nc3c(n21)C(C1CC=CN=N1)=CC(C(=O)Nc1ccc(OC(F)(F)Cl)cc1)C3. The number of alkyl halides is 3. The van der Waals surface area contributed by atoms with Crippen molar-refractivity contribution in [2.45, 2.75) is 37.4 Å². The first-order valence-electron chi connectivity index (χ1n) is 10.5. The van der Waals surface area contributed by atoms with Crippen molar-refractivity contribution in [3.05, 3.63) is 54.0 Å². The maximum absolute atomic E-state index is 13.1. The largest absolute Gasteiger partial charge is 0.487 e. The van der Waals surface area contributed by atoms with Crippen LogP contribution in [-0.4, -0.2) is 33.7 Å². The van der Waals surface area contributed by atoms with Gasteiger partial charge in [0.05, 0.1) is 23.3 Å². The van der Waals surface area contributed by atoms with Crippen molar-refractivity contribution in [1.82, 2.24) is 9.55 Å². The molecule has 3 aliphatic rings. The first-order chi connectivity index (χ1) is 15.8. The number of imidazole rings is 1. The van der Waals surface area contributed by atoms with Crippen molar-refractivity contribution in [1.29, 1.82) is 0 Å².